The third-order valence-electron chi connectivity index (χ3n) is 3.41. The van der Waals surface area contributed by atoms with E-state index in [1.807, 2.05) is 6.07 Å². The van der Waals surface area contributed by atoms with Crippen LogP contribution in [0.3, 0.4) is 0 Å². The molecule has 0 unspecified atom stereocenters. The van der Waals surface area contributed by atoms with E-state index < -0.39 is 9.84 Å². The summed E-state index contributed by atoms with van der Waals surface area (Å²) in [5.41, 5.74) is 1.15. The van der Waals surface area contributed by atoms with Gasteiger partial charge < -0.3 is 14.1 Å². The fourth-order valence-electron chi connectivity index (χ4n) is 2.27. The van der Waals surface area contributed by atoms with Gasteiger partial charge in [-0.2, -0.15) is 0 Å². The molecule has 1 aromatic heterocycles. The number of carbonyl (C=O) groups excluding carboxylic acids is 1. The van der Waals surface area contributed by atoms with Crippen LogP contribution in [0.15, 0.2) is 47.1 Å². The summed E-state index contributed by atoms with van der Waals surface area (Å²) < 4.78 is 33.0. The standard InChI is InChI=1S/C17H21NO5S/c1-22-11-9-18(12-16-4-3-10-23-16)17(19)15-7-5-14(6-8-15)13-24(2,20)21/h3-8,10H,9,11-13H2,1-2H3. The van der Waals surface area contributed by atoms with Crippen molar-refractivity contribution >= 4 is 15.7 Å². The lowest BCUT2D eigenvalue weighted by molar-refractivity contribution is 0.0666. The van der Waals surface area contributed by atoms with E-state index >= 15 is 0 Å². The molecule has 0 N–H and O–H groups in total. The summed E-state index contributed by atoms with van der Waals surface area (Å²) in [6, 6.07) is 10.2. The Morgan fingerprint density at radius 3 is 2.46 bits per heavy atom. The smallest absolute Gasteiger partial charge is 0.254 e. The number of ether oxygens (including phenoxy) is 1. The normalized spacial score (nSPS) is 11.4. The minimum atomic E-state index is -3.10. The lowest BCUT2D eigenvalue weighted by Gasteiger charge is -2.21. The molecule has 130 valence electrons. The molecule has 0 fully saturated rings. The second kappa shape index (κ2) is 8.12. The topological polar surface area (TPSA) is 76.8 Å². The van der Waals surface area contributed by atoms with Crippen LogP contribution in [0.4, 0.5) is 0 Å². The molecule has 0 aliphatic heterocycles. The second-order valence-electron chi connectivity index (χ2n) is 5.57. The number of hydrogen-bond donors (Lipinski definition) is 0. The zero-order chi connectivity index (χ0) is 17.6. The van der Waals surface area contributed by atoms with E-state index in [0.717, 1.165) is 0 Å². The van der Waals surface area contributed by atoms with Crippen molar-refractivity contribution in [2.24, 2.45) is 0 Å². The molecule has 1 aromatic carbocycles. The molecule has 0 saturated heterocycles. The predicted octanol–water partition coefficient (Wildman–Crippen LogP) is 2.11. The van der Waals surface area contributed by atoms with E-state index in [1.54, 1.807) is 48.6 Å². The lowest BCUT2D eigenvalue weighted by atomic mass is 10.1. The minimum Gasteiger partial charge on any atom is -0.467 e. The maximum atomic E-state index is 12.7. The fourth-order valence-corrected chi connectivity index (χ4v) is 3.07. The molecular weight excluding hydrogens is 330 g/mol. The maximum Gasteiger partial charge on any atom is 0.254 e. The first-order chi connectivity index (χ1) is 11.4. The summed E-state index contributed by atoms with van der Waals surface area (Å²) in [4.78, 5) is 14.3. The van der Waals surface area contributed by atoms with Crippen LogP contribution in [0.1, 0.15) is 21.7 Å². The second-order valence-corrected chi connectivity index (χ2v) is 7.71. The zero-order valence-electron chi connectivity index (χ0n) is 13.8. The third-order valence-corrected chi connectivity index (χ3v) is 4.27. The first-order valence-electron chi connectivity index (χ1n) is 7.46. The average molecular weight is 351 g/mol. The van der Waals surface area contributed by atoms with Crippen LogP contribution in [0, 0.1) is 0 Å². The molecule has 0 saturated carbocycles. The number of benzene rings is 1. The van der Waals surface area contributed by atoms with Gasteiger partial charge in [-0.3, -0.25) is 4.79 Å². The van der Waals surface area contributed by atoms with Gasteiger partial charge in [-0.25, -0.2) is 8.42 Å². The Morgan fingerprint density at radius 1 is 1.21 bits per heavy atom. The van der Waals surface area contributed by atoms with Gasteiger partial charge in [0.1, 0.15) is 5.76 Å². The Morgan fingerprint density at radius 2 is 1.92 bits per heavy atom. The van der Waals surface area contributed by atoms with Crippen molar-refractivity contribution in [2.45, 2.75) is 12.3 Å². The van der Waals surface area contributed by atoms with Crippen molar-refractivity contribution < 1.29 is 22.4 Å². The quantitative estimate of drug-likeness (QED) is 0.728. The number of methoxy groups -OCH3 is 1. The highest BCUT2D eigenvalue weighted by Crippen LogP contribution is 2.13. The molecule has 0 spiro atoms. The van der Waals surface area contributed by atoms with E-state index in [4.69, 9.17) is 9.15 Å². The largest absolute Gasteiger partial charge is 0.467 e. The molecule has 0 atom stereocenters. The van der Waals surface area contributed by atoms with E-state index in [0.29, 0.717) is 36.6 Å². The van der Waals surface area contributed by atoms with Gasteiger partial charge in [-0.1, -0.05) is 12.1 Å². The van der Waals surface area contributed by atoms with E-state index in [-0.39, 0.29) is 11.7 Å². The maximum absolute atomic E-state index is 12.7. The summed E-state index contributed by atoms with van der Waals surface area (Å²) in [5, 5.41) is 0. The lowest BCUT2D eigenvalue weighted by Crippen LogP contribution is -2.33. The summed E-state index contributed by atoms with van der Waals surface area (Å²) >= 11 is 0. The predicted molar refractivity (Wildman–Crippen MR) is 90.3 cm³/mol. The number of rotatable bonds is 8. The van der Waals surface area contributed by atoms with Crippen LogP contribution in [0.2, 0.25) is 0 Å². The van der Waals surface area contributed by atoms with Crippen molar-refractivity contribution in [3.63, 3.8) is 0 Å². The SMILES string of the molecule is COCCN(Cc1ccco1)C(=O)c1ccc(CS(C)(=O)=O)cc1. The minimum absolute atomic E-state index is 0.0404. The van der Waals surface area contributed by atoms with Gasteiger partial charge in [0, 0.05) is 25.5 Å². The van der Waals surface area contributed by atoms with Gasteiger partial charge in [0.15, 0.2) is 9.84 Å². The Balaban J connectivity index is 2.12. The molecule has 1 heterocycles. The molecule has 2 aromatic rings. The molecule has 6 nitrogen and oxygen atoms in total. The number of sulfone groups is 1. The van der Waals surface area contributed by atoms with Crippen molar-refractivity contribution in [1.29, 1.82) is 0 Å². The first-order valence-corrected chi connectivity index (χ1v) is 9.52. The summed E-state index contributed by atoms with van der Waals surface area (Å²) in [6.07, 6.45) is 2.75. The number of nitrogens with zero attached hydrogens (tertiary/aromatic N) is 1. The van der Waals surface area contributed by atoms with Crippen molar-refractivity contribution in [2.75, 3.05) is 26.5 Å². The van der Waals surface area contributed by atoms with Gasteiger partial charge in [0.2, 0.25) is 0 Å². The Bertz CT molecular complexity index is 751. The molecule has 7 heteroatoms. The highest BCUT2D eigenvalue weighted by atomic mass is 32.2. The van der Waals surface area contributed by atoms with E-state index in [2.05, 4.69) is 0 Å². The zero-order valence-corrected chi connectivity index (χ0v) is 14.6. The van der Waals surface area contributed by atoms with Crippen LogP contribution in [-0.4, -0.2) is 45.7 Å². The molecule has 1 amide bonds. The summed E-state index contributed by atoms with van der Waals surface area (Å²) in [6.45, 7) is 1.19. The molecule has 0 radical (unpaired) electrons. The number of amides is 1. The van der Waals surface area contributed by atoms with Crippen molar-refractivity contribution in [3.8, 4) is 0 Å². The average Bonchev–Trinajstić information content (AvgIpc) is 3.03. The first kappa shape index (κ1) is 18.2. The van der Waals surface area contributed by atoms with Crippen LogP contribution in [0.25, 0.3) is 0 Å². The van der Waals surface area contributed by atoms with Gasteiger partial charge >= 0.3 is 0 Å². The molecule has 0 aliphatic rings. The summed E-state index contributed by atoms with van der Waals surface area (Å²) in [7, 11) is -1.52. The number of furan rings is 1. The van der Waals surface area contributed by atoms with E-state index in [9.17, 15) is 13.2 Å². The van der Waals surface area contributed by atoms with E-state index in [1.165, 1.54) is 6.26 Å². The van der Waals surface area contributed by atoms with Gasteiger partial charge in [-0.15, -0.1) is 0 Å². The van der Waals surface area contributed by atoms with Crippen LogP contribution >= 0.6 is 0 Å². The number of carbonyl (C=O) groups is 1. The van der Waals surface area contributed by atoms with Gasteiger partial charge in [0.25, 0.3) is 5.91 Å². The third kappa shape index (κ3) is 5.50. The molecule has 2 rings (SSSR count). The summed E-state index contributed by atoms with van der Waals surface area (Å²) in [5.74, 6) is 0.490. The van der Waals surface area contributed by atoms with Crippen LogP contribution in [0.5, 0.6) is 0 Å². The molecular formula is C17H21NO5S. The Hall–Kier alpha value is -2.12. The van der Waals surface area contributed by atoms with Crippen molar-refractivity contribution in [3.05, 3.63) is 59.5 Å². The molecule has 0 aliphatic carbocycles. The monoisotopic (exact) mass is 351 g/mol. The number of hydrogen-bond acceptors (Lipinski definition) is 5. The fraction of sp³-hybridized carbons (Fsp3) is 0.353. The Kier molecular flexibility index (Phi) is 6.16. The molecule has 24 heavy (non-hydrogen) atoms. The van der Waals surface area contributed by atoms with Gasteiger partial charge in [0.05, 0.1) is 25.2 Å². The van der Waals surface area contributed by atoms with Crippen molar-refractivity contribution in [1.82, 2.24) is 4.90 Å². The van der Waals surface area contributed by atoms with Gasteiger partial charge in [-0.05, 0) is 29.8 Å². The van der Waals surface area contributed by atoms with Crippen LogP contribution < -0.4 is 0 Å². The highest BCUT2D eigenvalue weighted by Gasteiger charge is 2.17. The highest BCUT2D eigenvalue weighted by molar-refractivity contribution is 7.89. The van der Waals surface area contributed by atoms with Crippen LogP contribution in [-0.2, 0) is 26.9 Å². The molecule has 0 bridgehead atoms. The Labute approximate surface area is 141 Å².